The van der Waals surface area contributed by atoms with Gasteiger partial charge >= 0.3 is 0 Å². The Bertz CT molecular complexity index is 696. The molecule has 0 fully saturated rings. The van der Waals surface area contributed by atoms with Crippen LogP contribution in [0.5, 0.6) is 5.75 Å². The van der Waals surface area contributed by atoms with Crippen molar-refractivity contribution in [3.8, 4) is 5.75 Å². The Morgan fingerprint density at radius 3 is 2.52 bits per heavy atom. The van der Waals surface area contributed by atoms with Gasteiger partial charge in [-0.1, -0.05) is 35.9 Å². The minimum absolute atomic E-state index is 0.114. The number of benzene rings is 2. The summed E-state index contributed by atoms with van der Waals surface area (Å²) in [6, 6.07) is 14.5. The molecule has 0 aliphatic rings. The quantitative estimate of drug-likeness (QED) is 0.434. The van der Waals surface area contributed by atoms with Crippen LogP contribution in [0, 0.1) is 0 Å². The van der Waals surface area contributed by atoms with Gasteiger partial charge in [-0.3, -0.25) is 4.79 Å². The molecular formula is C18H17ClO3S. The highest BCUT2D eigenvalue weighted by atomic mass is 35.5. The number of methoxy groups -OCH3 is 1. The summed E-state index contributed by atoms with van der Waals surface area (Å²) < 4.78 is 5.09. The maximum Gasteiger partial charge on any atom is 0.167 e. The third-order valence-electron chi connectivity index (χ3n) is 3.25. The van der Waals surface area contributed by atoms with Crippen molar-refractivity contribution in [3.63, 3.8) is 0 Å². The molecular weight excluding hydrogens is 332 g/mol. The minimum atomic E-state index is -0.114. The SMILES string of the molecule is COc1ccc(/C(=C/O)C(=O)CCSc2ccccc2Cl)cc1. The van der Waals surface area contributed by atoms with Crippen molar-refractivity contribution in [1.29, 1.82) is 0 Å². The molecule has 5 heteroatoms. The van der Waals surface area contributed by atoms with E-state index in [1.807, 2.05) is 24.3 Å². The monoisotopic (exact) mass is 348 g/mol. The molecule has 0 spiro atoms. The lowest BCUT2D eigenvalue weighted by molar-refractivity contribution is -0.113. The van der Waals surface area contributed by atoms with Crippen molar-refractivity contribution < 1.29 is 14.6 Å². The number of carbonyl (C=O) groups excluding carboxylic acids is 1. The molecule has 1 N–H and O–H groups in total. The summed E-state index contributed by atoms with van der Waals surface area (Å²) in [7, 11) is 1.58. The first-order valence-corrected chi connectivity index (χ1v) is 8.41. The number of ether oxygens (including phenoxy) is 1. The molecule has 0 aromatic heterocycles. The standard InChI is InChI=1S/C18H17ClO3S/c1-22-14-8-6-13(7-9-14)15(12-20)17(21)10-11-23-18-5-3-2-4-16(18)19/h2-9,12,20H,10-11H2,1H3/b15-12-. The number of carbonyl (C=O) groups is 1. The number of Topliss-reactive ketones (excluding diaryl/α,β-unsaturated/α-hetero) is 1. The molecule has 0 saturated heterocycles. The fourth-order valence-corrected chi connectivity index (χ4v) is 3.22. The lowest BCUT2D eigenvalue weighted by atomic mass is 10.0. The smallest absolute Gasteiger partial charge is 0.167 e. The molecule has 23 heavy (non-hydrogen) atoms. The second kappa shape index (κ2) is 8.65. The first-order chi connectivity index (χ1) is 11.2. The molecule has 3 nitrogen and oxygen atoms in total. The predicted octanol–water partition coefficient (Wildman–Crippen LogP) is 5.00. The van der Waals surface area contributed by atoms with E-state index < -0.39 is 0 Å². The van der Waals surface area contributed by atoms with E-state index in [9.17, 15) is 9.90 Å². The molecule has 0 aliphatic heterocycles. The third-order valence-corrected chi connectivity index (χ3v) is 4.77. The zero-order valence-electron chi connectivity index (χ0n) is 12.7. The number of hydrogen-bond acceptors (Lipinski definition) is 4. The van der Waals surface area contributed by atoms with Crippen LogP contribution in [0.2, 0.25) is 5.02 Å². The van der Waals surface area contributed by atoms with Gasteiger partial charge in [-0.25, -0.2) is 0 Å². The Morgan fingerprint density at radius 1 is 1.22 bits per heavy atom. The molecule has 0 radical (unpaired) electrons. The average Bonchev–Trinajstić information content (AvgIpc) is 2.58. The maximum absolute atomic E-state index is 12.3. The molecule has 0 unspecified atom stereocenters. The van der Waals surface area contributed by atoms with Crippen molar-refractivity contribution in [2.45, 2.75) is 11.3 Å². The van der Waals surface area contributed by atoms with Crippen LogP contribution < -0.4 is 4.74 Å². The number of allylic oxidation sites excluding steroid dienone is 1. The molecule has 0 heterocycles. The van der Waals surface area contributed by atoms with Gasteiger partial charge in [0.05, 0.1) is 24.0 Å². The van der Waals surface area contributed by atoms with E-state index in [1.165, 1.54) is 11.8 Å². The fraction of sp³-hybridized carbons (Fsp3) is 0.167. The second-order valence-electron chi connectivity index (χ2n) is 4.72. The van der Waals surface area contributed by atoms with Crippen molar-refractivity contribution in [1.82, 2.24) is 0 Å². The number of hydrogen-bond donors (Lipinski definition) is 1. The lowest BCUT2D eigenvalue weighted by Crippen LogP contribution is -2.03. The van der Waals surface area contributed by atoms with Crippen LogP contribution in [-0.2, 0) is 4.79 Å². The van der Waals surface area contributed by atoms with Crippen LogP contribution in [0.4, 0.5) is 0 Å². The Hall–Kier alpha value is -1.91. The lowest BCUT2D eigenvalue weighted by Gasteiger charge is -2.07. The number of aliphatic hydroxyl groups is 1. The Kier molecular flexibility index (Phi) is 6.56. The van der Waals surface area contributed by atoms with Crippen LogP contribution in [0.25, 0.3) is 5.57 Å². The summed E-state index contributed by atoms with van der Waals surface area (Å²) in [5.74, 6) is 1.18. The Morgan fingerprint density at radius 2 is 1.91 bits per heavy atom. The van der Waals surface area contributed by atoms with Gasteiger partial charge in [0, 0.05) is 17.1 Å². The van der Waals surface area contributed by atoms with Gasteiger partial charge in [0.2, 0.25) is 0 Å². The van der Waals surface area contributed by atoms with Gasteiger partial charge in [-0.15, -0.1) is 11.8 Å². The normalized spacial score (nSPS) is 11.3. The molecule has 0 saturated carbocycles. The minimum Gasteiger partial charge on any atom is -0.515 e. The van der Waals surface area contributed by atoms with E-state index >= 15 is 0 Å². The summed E-state index contributed by atoms with van der Waals surface area (Å²) >= 11 is 7.61. The van der Waals surface area contributed by atoms with E-state index in [-0.39, 0.29) is 5.78 Å². The Labute approximate surface area is 144 Å². The summed E-state index contributed by atoms with van der Waals surface area (Å²) in [4.78, 5) is 13.2. The topological polar surface area (TPSA) is 46.5 Å². The maximum atomic E-state index is 12.3. The fourth-order valence-electron chi connectivity index (χ4n) is 2.03. The first kappa shape index (κ1) is 17.4. The molecule has 2 aromatic carbocycles. The second-order valence-corrected chi connectivity index (χ2v) is 6.27. The number of ketones is 1. The van der Waals surface area contributed by atoms with E-state index in [0.717, 1.165) is 11.2 Å². The van der Waals surface area contributed by atoms with Gasteiger partial charge in [0.1, 0.15) is 5.75 Å². The van der Waals surface area contributed by atoms with Crippen LogP contribution in [0.1, 0.15) is 12.0 Å². The Balaban J connectivity index is 1.96. The largest absolute Gasteiger partial charge is 0.515 e. The van der Waals surface area contributed by atoms with E-state index in [2.05, 4.69) is 0 Å². The number of aliphatic hydroxyl groups excluding tert-OH is 1. The highest BCUT2D eigenvalue weighted by Gasteiger charge is 2.13. The van der Waals surface area contributed by atoms with Crippen LogP contribution in [-0.4, -0.2) is 23.8 Å². The summed E-state index contributed by atoms with van der Waals surface area (Å²) in [5, 5.41) is 10.1. The van der Waals surface area contributed by atoms with Crippen molar-refractivity contribution in [2.24, 2.45) is 0 Å². The van der Waals surface area contributed by atoms with Gasteiger partial charge in [0.25, 0.3) is 0 Å². The summed E-state index contributed by atoms with van der Waals surface area (Å²) in [5.41, 5.74) is 0.966. The molecule has 0 atom stereocenters. The van der Waals surface area contributed by atoms with Crippen molar-refractivity contribution >= 4 is 34.7 Å². The van der Waals surface area contributed by atoms with Gasteiger partial charge in [0.15, 0.2) is 5.78 Å². The van der Waals surface area contributed by atoms with Crippen molar-refractivity contribution in [3.05, 3.63) is 65.4 Å². The molecule has 2 aromatic rings. The first-order valence-electron chi connectivity index (χ1n) is 7.05. The van der Waals surface area contributed by atoms with Crippen LogP contribution in [0.15, 0.2) is 59.7 Å². The number of halogens is 1. The van der Waals surface area contributed by atoms with E-state index in [4.69, 9.17) is 16.3 Å². The van der Waals surface area contributed by atoms with Gasteiger partial charge in [-0.05, 0) is 29.8 Å². The van der Waals surface area contributed by atoms with Crippen molar-refractivity contribution in [2.75, 3.05) is 12.9 Å². The third kappa shape index (κ3) is 4.78. The van der Waals surface area contributed by atoms with Gasteiger partial charge in [-0.2, -0.15) is 0 Å². The zero-order chi connectivity index (χ0) is 16.7. The van der Waals surface area contributed by atoms with Crippen LogP contribution in [0.3, 0.4) is 0 Å². The highest BCUT2D eigenvalue weighted by Crippen LogP contribution is 2.28. The molecule has 0 aliphatic carbocycles. The zero-order valence-corrected chi connectivity index (χ0v) is 14.2. The van der Waals surface area contributed by atoms with E-state index in [0.29, 0.717) is 34.1 Å². The average molecular weight is 349 g/mol. The molecule has 0 bridgehead atoms. The van der Waals surface area contributed by atoms with Gasteiger partial charge < -0.3 is 9.84 Å². The number of thioether (sulfide) groups is 1. The highest BCUT2D eigenvalue weighted by molar-refractivity contribution is 7.99. The molecule has 2 rings (SSSR count). The van der Waals surface area contributed by atoms with E-state index in [1.54, 1.807) is 31.4 Å². The summed E-state index contributed by atoms with van der Waals surface area (Å²) in [6.45, 7) is 0. The molecule has 0 amide bonds. The number of rotatable bonds is 7. The van der Waals surface area contributed by atoms with Crippen LogP contribution >= 0.6 is 23.4 Å². The predicted molar refractivity (Wildman–Crippen MR) is 95.4 cm³/mol. The molecule has 120 valence electrons. The summed E-state index contributed by atoms with van der Waals surface area (Å²) in [6.07, 6.45) is 1.18.